The number of halogens is 3. The van der Waals surface area contributed by atoms with Crippen molar-refractivity contribution in [3.8, 4) is 5.75 Å². The lowest BCUT2D eigenvalue weighted by atomic mass is 9.80. The van der Waals surface area contributed by atoms with Crippen LogP contribution in [0.5, 0.6) is 5.75 Å². The molecule has 4 rings (SSSR count). The molecule has 2 aliphatic rings. The number of alkyl halides is 3. The van der Waals surface area contributed by atoms with E-state index < -0.39 is 24.1 Å². The molecule has 12 heteroatoms. The zero-order chi connectivity index (χ0) is 26.9. The number of carbonyl (C=O) groups excluding carboxylic acids is 2. The molecule has 1 unspecified atom stereocenters. The Morgan fingerprint density at radius 3 is 2.65 bits per heavy atom. The molecule has 1 amide bonds. The summed E-state index contributed by atoms with van der Waals surface area (Å²) in [6, 6.07) is 3.40. The molecular formula is C25H32F3N5O4. The van der Waals surface area contributed by atoms with E-state index in [1.54, 1.807) is 4.90 Å². The Bertz CT molecular complexity index is 1140. The molecule has 1 N–H and O–H groups in total. The monoisotopic (exact) mass is 523 g/mol. The van der Waals surface area contributed by atoms with Gasteiger partial charge in [-0.3, -0.25) is 9.59 Å². The van der Waals surface area contributed by atoms with Crippen LogP contribution >= 0.6 is 0 Å². The van der Waals surface area contributed by atoms with Crippen molar-refractivity contribution in [3.05, 3.63) is 24.5 Å². The van der Waals surface area contributed by atoms with E-state index in [-0.39, 0.29) is 29.8 Å². The molecule has 1 aliphatic heterocycles. The summed E-state index contributed by atoms with van der Waals surface area (Å²) in [5.41, 5.74) is 0.410. The van der Waals surface area contributed by atoms with Gasteiger partial charge in [-0.2, -0.15) is 0 Å². The zero-order valence-electron chi connectivity index (χ0n) is 21.3. The Morgan fingerprint density at radius 2 is 1.97 bits per heavy atom. The fourth-order valence-electron chi connectivity index (χ4n) is 5.38. The number of nitrogens with zero attached hydrogens (tertiary/aromatic N) is 4. The van der Waals surface area contributed by atoms with E-state index in [1.807, 2.05) is 7.05 Å². The molecule has 1 saturated carbocycles. The van der Waals surface area contributed by atoms with Gasteiger partial charge in [0.15, 0.2) is 0 Å². The third-order valence-electron chi connectivity index (χ3n) is 7.47. The second kappa shape index (κ2) is 10.7. The van der Waals surface area contributed by atoms with Gasteiger partial charge >= 0.3 is 12.3 Å². The van der Waals surface area contributed by atoms with Crippen molar-refractivity contribution in [2.24, 2.45) is 5.92 Å². The smallest absolute Gasteiger partial charge is 0.469 e. The van der Waals surface area contributed by atoms with Crippen molar-refractivity contribution in [3.63, 3.8) is 0 Å². The predicted octanol–water partition coefficient (Wildman–Crippen LogP) is 3.59. The summed E-state index contributed by atoms with van der Waals surface area (Å²) in [6.45, 7) is 4.66. The Morgan fingerprint density at radius 1 is 1.22 bits per heavy atom. The van der Waals surface area contributed by atoms with Gasteiger partial charge in [0.1, 0.15) is 23.9 Å². The van der Waals surface area contributed by atoms with Crippen molar-refractivity contribution in [1.82, 2.24) is 19.8 Å². The van der Waals surface area contributed by atoms with Crippen LogP contribution in [0.15, 0.2) is 24.5 Å². The van der Waals surface area contributed by atoms with Crippen molar-refractivity contribution in [2.75, 3.05) is 26.0 Å². The summed E-state index contributed by atoms with van der Waals surface area (Å²) in [4.78, 5) is 38.4. The number of carbonyl (C=O) groups is 2. The molecule has 0 spiro atoms. The summed E-state index contributed by atoms with van der Waals surface area (Å²) in [7, 11) is 3.41. The van der Waals surface area contributed by atoms with Crippen LogP contribution in [0.2, 0.25) is 0 Å². The first kappa shape index (κ1) is 26.9. The number of likely N-dealkylation sites (tertiary alicyclic amines) is 1. The van der Waals surface area contributed by atoms with Crippen molar-refractivity contribution in [2.45, 2.75) is 70.1 Å². The van der Waals surface area contributed by atoms with Gasteiger partial charge in [-0.05, 0) is 64.8 Å². The molecule has 1 saturated heterocycles. The average molecular weight is 524 g/mol. The highest BCUT2D eigenvalue weighted by atomic mass is 19.4. The third kappa shape index (κ3) is 5.89. The van der Waals surface area contributed by atoms with Crippen LogP contribution in [0.1, 0.15) is 39.5 Å². The SMILES string of the molecule is COC(=O)[C@@H]1C[C@H](N(C)C(C)C)CC[C@@H]1N1CCC(Nc2ncnc3ccc(OC(F)(F)F)cc23)C1=O. The number of ether oxygens (including phenoxy) is 2. The zero-order valence-corrected chi connectivity index (χ0v) is 21.3. The summed E-state index contributed by atoms with van der Waals surface area (Å²) < 4.78 is 47.3. The molecule has 1 aliphatic carbocycles. The highest BCUT2D eigenvalue weighted by Gasteiger charge is 2.45. The molecule has 2 heterocycles. The number of fused-ring (bicyclic) bond motifs is 1. The molecule has 1 aromatic carbocycles. The Labute approximate surface area is 213 Å². The number of anilines is 1. The van der Waals surface area contributed by atoms with Gasteiger partial charge in [0, 0.05) is 30.1 Å². The van der Waals surface area contributed by atoms with E-state index in [9.17, 15) is 22.8 Å². The Balaban J connectivity index is 1.52. The Hall–Kier alpha value is -3.15. The first-order valence-electron chi connectivity index (χ1n) is 12.4. The van der Waals surface area contributed by atoms with Gasteiger partial charge < -0.3 is 24.6 Å². The van der Waals surface area contributed by atoms with Crippen molar-refractivity contribution >= 4 is 28.6 Å². The molecule has 1 aromatic heterocycles. The van der Waals surface area contributed by atoms with E-state index in [0.717, 1.165) is 6.42 Å². The normalized spacial score (nSPS) is 24.7. The predicted molar refractivity (Wildman–Crippen MR) is 130 cm³/mol. The van der Waals surface area contributed by atoms with Gasteiger partial charge in [0.2, 0.25) is 5.91 Å². The molecule has 9 nitrogen and oxygen atoms in total. The minimum absolute atomic E-state index is 0.177. The second-order valence-electron chi connectivity index (χ2n) is 9.89. The molecule has 37 heavy (non-hydrogen) atoms. The number of benzene rings is 1. The van der Waals surface area contributed by atoms with Gasteiger partial charge in [-0.15, -0.1) is 13.2 Å². The van der Waals surface area contributed by atoms with Crippen LogP contribution in [-0.2, 0) is 14.3 Å². The number of amides is 1. The Kier molecular flexibility index (Phi) is 7.77. The summed E-state index contributed by atoms with van der Waals surface area (Å²) >= 11 is 0. The number of nitrogens with one attached hydrogen (secondary N) is 1. The van der Waals surface area contributed by atoms with Gasteiger partial charge in [-0.1, -0.05) is 0 Å². The van der Waals surface area contributed by atoms with Gasteiger partial charge in [-0.25, -0.2) is 9.97 Å². The quantitative estimate of drug-likeness (QED) is 0.550. The van der Waals surface area contributed by atoms with Gasteiger partial charge in [0.05, 0.1) is 18.5 Å². The number of rotatable bonds is 7. The lowest BCUT2D eigenvalue weighted by molar-refractivity contribution is -0.274. The first-order chi connectivity index (χ1) is 17.5. The number of esters is 1. The van der Waals surface area contributed by atoms with Crippen LogP contribution in [0.25, 0.3) is 10.9 Å². The molecule has 202 valence electrons. The molecule has 2 fully saturated rings. The number of hydrogen-bond donors (Lipinski definition) is 1. The second-order valence-corrected chi connectivity index (χ2v) is 9.89. The van der Waals surface area contributed by atoms with Crippen LogP contribution in [0.3, 0.4) is 0 Å². The standard InChI is InChI=1S/C25H32F3N5O4/c1-14(2)32(3)15-5-8-21(18(11-15)24(35)36-4)33-10-9-20(23(33)34)31-22-17-12-16(37-25(26,27)28)6-7-19(17)29-13-30-22/h6-7,12-15,18,20-21H,5,8-11H2,1-4H3,(H,29,30,31)/t15-,18-,20?,21+/m1/s1. The molecular weight excluding hydrogens is 491 g/mol. The molecule has 0 bridgehead atoms. The summed E-state index contributed by atoms with van der Waals surface area (Å²) in [6.07, 6.45) is -0.957. The van der Waals surface area contributed by atoms with Crippen LogP contribution in [0, 0.1) is 5.92 Å². The highest BCUT2D eigenvalue weighted by molar-refractivity contribution is 5.93. The van der Waals surface area contributed by atoms with E-state index >= 15 is 0 Å². The maximum absolute atomic E-state index is 13.5. The largest absolute Gasteiger partial charge is 0.573 e. The van der Waals surface area contributed by atoms with Crippen molar-refractivity contribution < 1.29 is 32.2 Å². The third-order valence-corrected chi connectivity index (χ3v) is 7.47. The number of aromatic nitrogens is 2. The van der Waals surface area contributed by atoms with E-state index in [0.29, 0.717) is 42.8 Å². The number of hydrogen-bond acceptors (Lipinski definition) is 8. The highest BCUT2D eigenvalue weighted by Crippen LogP contribution is 2.36. The van der Waals surface area contributed by atoms with Gasteiger partial charge in [0.25, 0.3) is 0 Å². The minimum Gasteiger partial charge on any atom is -0.469 e. The maximum atomic E-state index is 13.5. The van der Waals surface area contributed by atoms with Crippen molar-refractivity contribution in [1.29, 1.82) is 0 Å². The topological polar surface area (TPSA) is 96.9 Å². The summed E-state index contributed by atoms with van der Waals surface area (Å²) in [5.74, 6) is -1.10. The number of methoxy groups -OCH3 is 1. The van der Waals surface area contributed by atoms with E-state index in [2.05, 4.69) is 38.8 Å². The minimum atomic E-state index is -4.84. The first-order valence-corrected chi connectivity index (χ1v) is 12.4. The molecule has 0 radical (unpaired) electrons. The average Bonchev–Trinajstić information content (AvgIpc) is 3.21. The molecule has 2 aromatic rings. The van der Waals surface area contributed by atoms with E-state index in [1.165, 1.54) is 31.6 Å². The van der Waals surface area contributed by atoms with E-state index in [4.69, 9.17) is 4.74 Å². The van der Waals surface area contributed by atoms with Crippen LogP contribution in [-0.4, -0.2) is 82.9 Å². The maximum Gasteiger partial charge on any atom is 0.573 e. The van der Waals surface area contributed by atoms with Crippen LogP contribution in [0.4, 0.5) is 19.0 Å². The van der Waals surface area contributed by atoms with Crippen LogP contribution < -0.4 is 10.1 Å². The fraction of sp³-hybridized carbons (Fsp3) is 0.600. The fourth-order valence-corrected chi connectivity index (χ4v) is 5.38. The summed E-state index contributed by atoms with van der Waals surface area (Å²) in [5, 5.41) is 3.39. The lowest BCUT2D eigenvalue weighted by Crippen LogP contribution is -2.53. The molecule has 4 atom stereocenters. The lowest BCUT2D eigenvalue weighted by Gasteiger charge is -2.43.